The van der Waals surface area contributed by atoms with Gasteiger partial charge in [-0.15, -0.1) is 0 Å². The van der Waals surface area contributed by atoms with Gasteiger partial charge in [-0.2, -0.15) is 0 Å². The van der Waals surface area contributed by atoms with Gasteiger partial charge < -0.3 is 23.5 Å². The number of aromatic nitrogens is 1. The van der Waals surface area contributed by atoms with Gasteiger partial charge in [0.05, 0.1) is 41.4 Å². The lowest BCUT2D eigenvalue weighted by molar-refractivity contribution is -0.140. The largest absolute Gasteiger partial charge is 0.460 e. The van der Waals surface area contributed by atoms with Gasteiger partial charge in [0.15, 0.2) is 4.80 Å². The van der Waals surface area contributed by atoms with Gasteiger partial charge >= 0.3 is 11.9 Å². The molecule has 1 atom stereocenters. The SMILES string of the molecule is CCCN1C(=O)C(=c2sc3n(c2=O)C(c2ccc(OC(=O)c4ccco4)cc2)C(C(=O)OCCOC)=C(C)N=3)c2ccccc21. The number of allylic oxidation sites excluding steroid dienone is 1. The Kier molecular flexibility index (Phi) is 8.33. The summed E-state index contributed by atoms with van der Waals surface area (Å²) < 4.78 is 22.7. The summed E-state index contributed by atoms with van der Waals surface area (Å²) in [6.07, 6.45) is 2.12. The third kappa shape index (κ3) is 5.42. The van der Waals surface area contributed by atoms with Crippen LogP contribution in [0.25, 0.3) is 5.57 Å². The first-order valence-corrected chi connectivity index (χ1v) is 15.1. The van der Waals surface area contributed by atoms with Crippen molar-refractivity contribution in [3.8, 4) is 5.75 Å². The van der Waals surface area contributed by atoms with Gasteiger partial charge in [0.25, 0.3) is 11.5 Å². The minimum atomic E-state index is -0.932. The minimum absolute atomic E-state index is 0.00756. The molecule has 0 bridgehead atoms. The fraction of sp³-hybridized carbons (Fsp3) is 0.242. The number of amides is 1. The molecule has 45 heavy (non-hydrogen) atoms. The van der Waals surface area contributed by atoms with E-state index in [4.69, 9.17) is 18.6 Å². The van der Waals surface area contributed by atoms with Crippen molar-refractivity contribution in [2.24, 2.45) is 4.99 Å². The highest BCUT2D eigenvalue weighted by Gasteiger charge is 2.37. The summed E-state index contributed by atoms with van der Waals surface area (Å²) in [5.74, 6) is -1.28. The highest BCUT2D eigenvalue weighted by atomic mass is 32.1. The molecule has 0 spiro atoms. The molecular formula is C33H29N3O8S. The Morgan fingerprint density at radius 3 is 2.49 bits per heavy atom. The molecule has 4 heterocycles. The lowest BCUT2D eigenvalue weighted by atomic mass is 9.96. The Bertz CT molecular complexity index is 2000. The lowest BCUT2D eigenvalue weighted by Gasteiger charge is -2.25. The summed E-state index contributed by atoms with van der Waals surface area (Å²) in [5, 5.41) is 0. The molecule has 0 radical (unpaired) electrons. The number of nitrogens with zero attached hydrogens (tertiary/aromatic N) is 3. The predicted octanol–water partition coefficient (Wildman–Crippen LogP) is 3.36. The van der Waals surface area contributed by atoms with Crippen molar-refractivity contribution in [1.29, 1.82) is 0 Å². The van der Waals surface area contributed by atoms with Crippen LogP contribution in [0.5, 0.6) is 5.75 Å². The highest BCUT2D eigenvalue weighted by Crippen LogP contribution is 2.36. The third-order valence-corrected chi connectivity index (χ3v) is 8.52. The second-order valence-corrected chi connectivity index (χ2v) is 11.3. The first-order valence-electron chi connectivity index (χ1n) is 14.3. The molecule has 12 heteroatoms. The number of hydrogen-bond donors (Lipinski definition) is 0. The van der Waals surface area contributed by atoms with Crippen molar-refractivity contribution in [3.05, 3.63) is 115 Å². The molecule has 0 N–H and O–H groups in total. The zero-order chi connectivity index (χ0) is 31.7. The van der Waals surface area contributed by atoms with E-state index in [1.54, 1.807) is 42.2 Å². The Balaban J connectivity index is 1.48. The number of anilines is 1. The van der Waals surface area contributed by atoms with Gasteiger partial charge in [-0.25, -0.2) is 14.6 Å². The third-order valence-electron chi connectivity index (χ3n) is 7.46. The molecule has 4 aromatic rings. The van der Waals surface area contributed by atoms with E-state index in [1.807, 2.05) is 31.2 Å². The first kappa shape index (κ1) is 30.0. The number of benzene rings is 2. The minimum Gasteiger partial charge on any atom is -0.460 e. The first-order chi connectivity index (χ1) is 21.8. The average molecular weight is 628 g/mol. The molecule has 2 aromatic heterocycles. The van der Waals surface area contributed by atoms with Crippen LogP contribution in [0.4, 0.5) is 5.69 Å². The molecular weight excluding hydrogens is 598 g/mol. The van der Waals surface area contributed by atoms with Crippen LogP contribution < -0.4 is 24.5 Å². The van der Waals surface area contributed by atoms with E-state index in [2.05, 4.69) is 4.99 Å². The molecule has 0 saturated carbocycles. The molecule has 1 amide bonds. The number of carbonyl (C=O) groups excluding carboxylic acids is 3. The van der Waals surface area contributed by atoms with Crippen LogP contribution in [0.3, 0.4) is 0 Å². The van der Waals surface area contributed by atoms with Gasteiger partial charge in [0.1, 0.15) is 16.9 Å². The van der Waals surface area contributed by atoms with E-state index in [1.165, 1.54) is 24.0 Å². The molecule has 2 aliphatic rings. The van der Waals surface area contributed by atoms with Crippen molar-refractivity contribution in [2.45, 2.75) is 26.3 Å². The predicted molar refractivity (Wildman–Crippen MR) is 165 cm³/mol. The second-order valence-electron chi connectivity index (χ2n) is 10.3. The summed E-state index contributed by atoms with van der Waals surface area (Å²) in [6, 6.07) is 16.0. The molecule has 11 nitrogen and oxygen atoms in total. The Morgan fingerprint density at radius 1 is 1.00 bits per heavy atom. The van der Waals surface area contributed by atoms with Crippen molar-refractivity contribution in [1.82, 2.24) is 4.57 Å². The summed E-state index contributed by atoms with van der Waals surface area (Å²) in [6.45, 7) is 4.37. The fourth-order valence-electron chi connectivity index (χ4n) is 5.46. The lowest BCUT2D eigenvalue weighted by Crippen LogP contribution is -2.41. The number of furan rings is 1. The van der Waals surface area contributed by atoms with Crippen molar-refractivity contribution in [3.63, 3.8) is 0 Å². The van der Waals surface area contributed by atoms with Gasteiger partial charge in [-0.05, 0) is 49.2 Å². The smallest absolute Gasteiger partial charge is 0.379 e. The van der Waals surface area contributed by atoms with Crippen molar-refractivity contribution >= 4 is 40.4 Å². The fourth-order valence-corrected chi connectivity index (χ4v) is 6.60. The zero-order valence-electron chi connectivity index (χ0n) is 24.8. The van der Waals surface area contributed by atoms with Crippen LogP contribution >= 0.6 is 11.3 Å². The van der Waals surface area contributed by atoms with Gasteiger partial charge in [0, 0.05) is 19.2 Å². The Morgan fingerprint density at radius 2 is 1.78 bits per heavy atom. The summed E-state index contributed by atoms with van der Waals surface area (Å²) in [7, 11) is 1.50. The summed E-state index contributed by atoms with van der Waals surface area (Å²) in [4.78, 5) is 60.6. The van der Waals surface area contributed by atoms with E-state index in [0.717, 1.165) is 23.4 Å². The summed E-state index contributed by atoms with van der Waals surface area (Å²) >= 11 is 1.11. The molecule has 2 aliphatic heterocycles. The number of fused-ring (bicyclic) bond motifs is 2. The zero-order valence-corrected chi connectivity index (χ0v) is 25.6. The topological polar surface area (TPSA) is 130 Å². The Hall–Kier alpha value is -5.07. The summed E-state index contributed by atoms with van der Waals surface area (Å²) in [5.41, 5.74) is 2.37. The van der Waals surface area contributed by atoms with Crippen LogP contribution in [0, 0.1) is 0 Å². The van der Waals surface area contributed by atoms with Gasteiger partial charge in [-0.3, -0.25) is 14.2 Å². The maximum absolute atomic E-state index is 14.3. The van der Waals surface area contributed by atoms with Crippen molar-refractivity contribution in [2.75, 3.05) is 31.8 Å². The number of thiazole rings is 1. The monoisotopic (exact) mass is 627 g/mol. The number of methoxy groups -OCH3 is 1. The van der Waals surface area contributed by atoms with Crippen LogP contribution in [-0.2, 0) is 19.1 Å². The van der Waals surface area contributed by atoms with E-state index in [0.29, 0.717) is 33.7 Å². The number of ether oxygens (including phenoxy) is 3. The second kappa shape index (κ2) is 12.5. The molecule has 0 fully saturated rings. The Labute approximate surface area is 261 Å². The van der Waals surface area contributed by atoms with E-state index in [9.17, 15) is 19.2 Å². The molecule has 6 rings (SSSR count). The molecule has 230 valence electrons. The number of carbonyl (C=O) groups is 3. The highest BCUT2D eigenvalue weighted by molar-refractivity contribution is 7.07. The number of esters is 2. The maximum Gasteiger partial charge on any atom is 0.379 e. The maximum atomic E-state index is 14.3. The van der Waals surface area contributed by atoms with Crippen LogP contribution in [0.1, 0.15) is 48.0 Å². The van der Waals surface area contributed by atoms with E-state index < -0.39 is 23.5 Å². The van der Waals surface area contributed by atoms with Crippen LogP contribution in [0.2, 0.25) is 0 Å². The van der Waals surface area contributed by atoms with E-state index >= 15 is 0 Å². The standard InChI is InChI=1S/C33H29N3O8S/c1-4-15-35-23-9-6-5-8-22(23)26(29(35)37)28-30(38)36-27(25(19(2)34-33(36)45-28)32(40)43-18-17-41-3)20-11-13-21(14-12-20)44-31(39)24-10-7-16-42-24/h5-14,16,27H,4,15,17-18H2,1-3H3. The van der Waals surface area contributed by atoms with Crippen LogP contribution in [-0.4, -0.2) is 49.3 Å². The molecule has 0 saturated heterocycles. The molecule has 0 aliphatic carbocycles. The van der Waals surface area contributed by atoms with E-state index in [-0.39, 0.29) is 40.7 Å². The number of rotatable bonds is 9. The number of hydrogen-bond acceptors (Lipinski definition) is 10. The van der Waals surface area contributed by atoms with Gasteiger partial charge in [0.2, 0.25) is 5.76 Å². The van der Waals surface area contributed by atoms with Gasteiger partial charge in [-0.1, -0.05) is 48.6 Å². The normalized spacial score (nSPS) is 16.7. The average Bonchev–Trinajstić information content (AvgIpc) is 3.75. The van der Waals surface area contributed by atoms with Crippen LogP contribution in [0.15, 0.2) is 92.4 Å². The number of para-hydroxylation sites is 1. The molecule has 1 unspecified atom stereocenters. The molecule has 2 aromatic carbocycles. The van der Waals surface area contributed by atoms with Crippen molar-refractivity contribution < 1.29 is 33.0 Å². The quantitative estimate of drug-likeness (QED) is 0.157.